The van der Waals surface area contributed by atoms with Crippen molar-refractivity contribution >= 4 is 16.7 Å². The monoisotopic (exact) mass is 478 g/mol. The molecule has 0 aliphatic heterocycles. The van der Waals surface area contributed by atoms with Gasteiger partial charge in [0.05, 0.1) is 37.9 Å². The van der Waals surface area contributed by atoms with Crippen molar-refractivity contribution in [1.29, 1.82) is 0 Å². The SMILES string of the molecule is COc1cccc(Oc2ccc(-c3nn(C4CCCC(O)C4)c4c(OC)cnc(N)c34)cc2)c1F. The number of anilines is 1. The molecule has 9 heteroatoms. The maximum atomic E-state index is 14.5. The van der Waals surface area contributed by atoms with Gasteiger partial charge in [0.15, 0.2) is 17.2 Å². The molecule has 1 saturated carbocycles. The first-order valence-electron chi connectivity index (χ1n) is 11.5. The maximum absolute atomic E-state index is 14.5. The quantitative estimate of drug-likeness (QED) is 0.397. The summed E-state index contributed by atoms with van der Waals surface area (Å²) in [7, 11) is 2.99. The Morgan fingerprint density at radius 3 is 2.49 bits per heavy atom. The first kappa shape index (κ1) is 22.9. The van der Waals surface area contributed by atoms with Gasteiger partial charge >= 0.3 is 0 Å². The summed E-state index contributed by atoms with van der Waals surface area (Å²) < 4.78 is 32.8. The Morgan fingerprint density at radius 2 is 1.77 bits per heavy atom. The summed E-state index contributed by atoms with van der Waals surface area (Å²) in [5.74, 6) is 0.994. The minimum atomic E-state index is -0.565. The fraction of sp³-hybridized carbons (Fsp3) is 0.308. The molecule has 1 aliphatic carbocycles. The van der Waals surface area contributed by atoms with E-state index in [1.54, 1.807) is 31.5 Å². The highest BCUT2D eigenvalue weighted by Gasteiger charge is 2.28. The zero-order chi connectivity index (χ0) is 24.5. The van der Waals surface area contributed by atoms with E-state index in [1.807, 2.05) is 16.8 Å². The van der Waals surface area contributed by atoms with Crippen molar-refractivity contribution in [3.63, 3.8) is 0 Å². The Balaban J connectivity index is 1.55. The molecule has 2 heterocycles. The van der Waals surface area contributed by atoms with Crippen molar-refractivity contribution in [2.75, 3.05) is 20.0 Å². The van der Waals surface area contributed by atoms with Crippen LogP contribution in [0.2, 0.25) is 0 Å². The standard InChI is InChI=1S/C26H27FN4O4/c1-33-19-7-4-8-20(23(19)27)35-18-11-9-15(10-12-18)24-22-25(21(34-2)14-29-26(22)28)31(30-24)16-5-3-6-17(32)13-16/h4,7-12,14,16-17,32H,3,5-6,13H2,1-2H3,(H2,28,29). The van der Waals surface area contributed by atoms with Gasteiger partial charge in [-0.15, -0.1) is 0 Å². The molecule has 5 rings (SSSR count). The molecule has 182 valence electrons. The van der Waals surface area contributed by atoms with Gasteiger partial charge in [-0.3, -0.25) is 4.68 Å². The summed E-state index contributed by atoms with van der Waals surface area (Å²) in [5, 5.41) is 15.9. The van der Waals surface area contributed by atoms with Crippen molar-refractivity contribution in [1.82, 2.24) is 14.8 Å². The summed E-state index contributed by atoms with van der Waals surface area (Å²) in [6, 6.07) is 11.9. The molecule has 2 unspecified atom stereocenters. The summed E-state index contributed by atoms with van der Waals surface area (Å²) in [5.41, 5.74) is 8.53. The molecule has 4 aromatic rings. The maximum Gasteiger partial charge on any atom is 0.207 e. The van der Waals surface area contributed by atoms with Gasteiger partial charge in [0.2, 0.25) is 5.82 Å². The van der Waals surface area contributed by atoms with E-state index < -0.39 is 5.82 Å². The van der Waals surface area contributed by atoms with E-state index in [1.165, 1.54) is 19.2 Å². The number of aliphatic hydroxyl groups excluding tert-OH is 1. The van der Waals surface area contributed by atoms with Crippen LogP contribution in [0.5, 0.6) is 23.0 Å². The molecule has 3 N–H and O–H groups in total. The van der Waals surface area contributed by atoms with E-state index >= 15 is 0 Å². The van der Waals surface area contributed by atoms with Crippen LogP contribution in [0, 0.1) is 5.82 Å². The van der Waals surface area contributed by atoms with E-state index in [2.05, 4.69) is 4.98 Å². The number of hydrogen-bond donors (Lipinski definition) is 2. The summed E-state index contributed by atoms with van der Waals surface area (Å²) >= 11 is 0. The van der Waals surface area contributed by atoms with E-state index in [9.17, 15) is 9.50 Å². The number of methoxy groups -OCH3 is 2. The topological polar surface area (TPSA) is 105 Å². The number of pyridine rings is 1. The van der Waals surface area contributed by atoms with Gasteiger partial charge in [-0.1, -0.05) is 6.07 Å². The highest BCUT2D eigenvalue weighted by Crippen LogP contribution is 2.41. The summed E-state index contributed by atoms with van der Waals surface area (Å²) in [4.78, 5) is 4.31. The van der Waals surface area contributed by atoms with Crippen LogP contribution < -0.4 is 19.9 Å². The van der Waals surface area contributed by atoms with Crippen molar-refractivity contribution in [2.24, 2.45) is 0 Å². The number of aliphatic hydroxyl groups is 1. The molecule has 0 bridgehead atoms. The second-order valence-electron chi connectivity index (χ2n) is 8.60. The molecule has 8 nitrogen and oxygen atoms in total. The number of nitrogens with two attached hydrogens (primary N) is 1. The number of halogens is 1. The summed E-state index contributed by atoms with van der Waals surface area (Å²) in [6.07, 6.45) is 4.45. The second kappa shape index (κ2) is 9.42. The molecule has 1 aliphatic rings. The molecule has 0 amide bonds. The van der Waals surface area contributed by atoms with Crippen LogP contribution in [-0.4, -0.2) is 40.2 Å². The lowest BCUT2D eigenvalue weighted by Crippen LogP contribution is -2.23. The number of nitrogens with zero attached hydrogens (tertiary/aromatic N) is 3. The molecule has 35 heavy (non-hydrogen) atoms. The lowest BCUT2D eigenvalue weighted by Gasteiger charge is -2.27. The number of ether oxygens (including phenoxy) is 3. The van der Waals surface area contributed by atoms with Crippen LogP contribution in [0.15, 0.2) is 48.7 Å². The van der Waals surface area contributed by atoms with Crippen molar-refractivity contribution in [3.8, 4) is 34.3 Å². The third kappa shape index (κ3) is 4.23. The molecular weight excluding hydrogens is 451 g/mol. The van der Waals surface area contributed by atoms with Gasteiger partial charge in [-0.25, -0.2) is 4.98 Å². The lowest BCUT2D eigenvalue weighted by atomic mass is 9.93. The molecule has 1 fully saturated rings. The first-order chi connectivity index (χ1) is 17.0. The summed E-state index contributed by atoms with van der Waals surface area (Å²) in [6.45, 7) is 0. The van der Waals surface area contributed by atoms with E-state index in [-0.39, 0.29) is 23.6 Å². The van der Waals surface area contributed by atoms with Gasteiger partial charge < -0.3 is 25.1 Å². The number of rotatable bonds is 6. The molecule has 2 atom stereocenters. The Labute approximate surface area is 202 Å². The van der Waals surface area contributed by atoms with Crippen molar-refractivity contribution in [3.05, 3.63) is 54.5 Å². The predicted octanol–water partition coefficient (Wildman–Crippen LogP) is 5.11. The normalized spacial score (nSPS) is 17.9. The number of nitrogen functional groups attached to an aromatic ring is 1. The first-order valence-corrected chi connectivity index (χ1v) is 11.5. The minimum absolute atomic E-state index is 0.0179. The number of benzene rings is 2. The van der Waals surface area contributed by atoms with Crippen LogP contribution in [0.25, 0.3) is 22.2 Å². The highest BCUT2D eigenvalue weighted by molar-refractivity contribution is 6.03. The zero-order valence-corrected chi connectivity index (χ0v) is 19.6. The van der Waals surface area contributed by atoms with Crippen LogP contribution in [-0.2, 0) is 0 Å². The zero-order valence-electron chi connectivity index (χ0n) is 19.6. The van der Waals surface area contributed by atoms with E-state index in [4.69, 9.17) is 25.0 Å². The molecule has 0 saturated heterocycles. The fourth-order valence-electron chi connectivity index (χ4n) is 4.68. The Morgan fingerprint density at radius 1 is 1.03 bits per heavy atom. The predicted molar refractivity (Wildman–Crippen MR) is 130 cm³/mol. The van der Waals surface area contributed by atoms with Gasteiger partial charge in [0, 0.05) is 5.56 Å². The third-order valence-electron chi connectivity index (χ3n) is 6.41. The number of hydrogen-bond acceptors (Lipinski definition) is 7. The number of aromatic nitrogens is 3. The second-order valence-corrected chi connectivity index (χ2v) is 8.60. The molecule has 2 aromatic heterocycles. The molecule has 2 aromatic carbocycles. The Bertz CT molecular complexity index is 1360. The van der Waals surface area contributed by atoms with Gasteiger partial charge in [0.1, 0.15) is 22.8 Å². The van der Waals surface area contributed by atoms with Gasteiger partial charge in [-0.05, 0) is 62.1 Å². The highest BCUT2D eigenvalue weighted by atomic mass is 19.1. The minimum Gasteiger partial charge on any atom is -0.494 e. The van der Waals surface area contributed by atoms with E-state index in [0.717, 1.165) is 30.3 Å². The fourth-order valence-corrected chi connectivity index (χ4v) is 4.68. The van der Waals surface area contributed by atoms with Crippen molar-refractivity contribution < 1.29 is 23.7 Å². The average Bonchev–Trinajstić information content (AvgIpc) is 3.28. The molecule has 0 spiro atoms. The van der Waals surface area contributed by atoms with Crippen molar-refractivity contribution in [2.45, 2.75) is 37.8 Å². The van der Waals surface area contributed by atoms with Crippen LogP contribution >= 0.6 is 0 Å². The van der Waals surface area contributed by atoms with E-state index in [0.29, 0.717) is 34.8 Å². The lowest BCUT2D eigenvalue weighted by molar-refractivity contribution is 0.101. The third-order valence-corrected chi connectivity index (χ3v) is 6.41. The van der Waals surface area contributed by atoms with Crippen LogP contribution in [0.1, 0.15) is 31.7 Å². The van der Waals surface area contributed by atoms with Crippen LogP contribution in [0.4, 0.5) is 10.2 Å². The molecule has 0 radical (unpaired) electrons. The largest absolute Gasteiger partial charge is 0.494 e. The number of fused-ring (bicyclic) bond motifs is 1. The Kier molecular flexibility index (Phi) is 6.17. The Hall–Kier alpha value is -3.85. The van der Waals surface area contributed by atoms with Crippen LogP contribution in [0.3, 0.4) is 0 Å². The smallest absolute Gasteiger partial charge is 0.207 e. The average molecular weight is 479 g/mol. The van der Waals surface area contributed by atoms with Gasteiger partial charge in [0.25, 0.3) is 0 Å². The van der Waals surface area contributed by atoms with Gasteiger partial charge in [-0.2, -0.15) is 9.49 Å². The molecular formula is C26H27FN4O4.